The molecule has 0 unspecified atom stereocenters. The number of rotatable bonds is 3. The molecular weight excluding hydrogens is 655 g/mol. The summed E-state index contributed by atoms with van der Waals surface area (Å²) < 4.78 is 0. The maximum absolute atomic E-state index is 5.40. The predicted molar refractivity (Wildman–Crippen MR) is 227 cm³/mol. The predicted octanol–water partition coefficient (Wildman–Crippen LogP) is 13.6. The zero-order valence-corrected chi connectivity index (χ0v) is 28.9. The van der Waals surface area contributed by atoms with Gasteiger partial charge in [0.2, 0.25) is 0 Å². The Hall–Kier alpha value is -7.23. The summed E-state index contributed by atoms with van der Waals surface area (Å²) >= 11 is 0. The lowest BCUT2D eigenvalue weighted by molar-refractivity contribution is 1.08. The standard InChI is InChI=1S/C51H27N3/c1-4-28-10-13-34-19-25-40(37-22-16-31(7-1)43(28)46(34)37)49-52-50(41-26-20-35-14-11-29-5-2-8-32-17-23-38(41)47(35)44(29)32)54-51(53-49)42-27-21-36-15-12-30-6-3-9-33-18-24-39(42)48(36)45(30)33/h1-27H. The maximum atomic E-state index is 5.40. The molecule has 3 nitrogen and oxygen atoms in total. The minimum Gasteiger partial charge on any atom is -0.208 e. The van der Waals surface area contributed by atoms with Crippen LogP contribution in [0.15, 0.2) is 164 Å². The van der Waals surface area contributed by atoms with Gasteiger partial charge < -0.3 is 0 Å². The van der Waals surface area contributed by atoms with Crippen LogP contribution < -0.4 is 0 Å². The Kier molecular flexibility index (Phi) is 5.37. The van der Waals surface area contributed by atoms with Gasteiger partial charge in [0.15, 0.2) is 17.5 Å². The van der Waals surface area contributed by atoms with E-state index in [1.54, 1.807) is 0 Å². The van der Waals surface area contributed by atoms with E-state index in [0.29, 0.717) is 17.5 Å². The van der Waals surface area contributed by atoms with Crippen molar-refractivity contribution < 1.29 is 0 Å². The summed E-state index contributed by atoms with van der Waals surface area (Å²) in [6.07, 6.45) is 0. The molecule has 13 rings (SSSR count). The van der Waals surface area contributed by atoms with E-state index in [2.05, 4.69) is 164 Å². The van der Waals surface area contributed by atoms with E-state index in [4.69, 9.17) is 15.0 Å². The van der Waals surface area contributed by atoms with Gasteiger partial charge in [-0.25, -0.2) is 15.0 Å². The van der Waals surface area contributed by atoms with E-state index in [0.717, 1.165) is 32.8 Å². The van der Waals surface area contributed by atoms with Crippen molar-refractivity contribution in [1.82, 2.24) is 15.0 Å². The first kappa shape index (κ1) is 28.4. The molecule has 246 valence electrons. The molecule has 0 aliphatic carbocycles. The molecule has 0 aliphatic rings. The molecule has 0 fully saturated rings. The molecule has 3 heteroatoms. The van der Waals surface area contributed by atoms with E-state index in [9.17, 15) is 0 Å². The van der Waals surface area contributed by atoms with Crippen molar-refractivity contribution in [2.75, 3.05) is 0 Å². The van der Waals surface area contributed by atoms with Crippen LogP contribution in [0.1, 0.15) is 0 Å². The second-order valence-corrected chi connectivity index (χ2v) is 14.7. The summed E-state index contributed by atoms with van der Waals surface area (Å²) in [6.45, 7) is 0. The van der Waals surface area contributed by atoms with Crippen molar-refractivity contribution in [2.24, 2.45) is 0 Å². The van der Waals surface area contributed by atoms with Gasteiger partial charge in [0, 0.05) is 16.7 Å². The van der Waals surface area contributed by atoms with Crippen molar-refractivity contribution >= 4 is 97.0 Å². The Morgan fingerprint density at radius 3 is 0.704 bits per heavy atom. The van der Waals surface area contributed by atoms with Gasteiger partial charge in [-0.05, 0) is 115 Å². The van der Waals surface area contributed by atoms with Crippen LogP contribution in [0.3, 0.4) is 0 Å². The lowest BCUT2D eigenvalue weighted by Crippen LogP contribution is -2.02. The largest absolute Gasteiger partial charge is 0.208 e. The van der Waals surface area contributed by atoms with Crippen LogP contribution in [0.25, 0.3) is 131 Å². The number of hydrogen-bond acceptors (Lipinski definition) is 3. The zero-order chi connectivity index (χ0) is 35.1. The van der Waals surface area contributed by atoms with E-state index in [1.807, 2.05) is 0 Å². The molecule has 0 bridgehead atoms. The van der Waals surface area contributed by atoms with Crippen molar-refractivity contribution in [3.05, 3.63) is 164 Å². The first-order valence-electron chi connectivity index (χ1n) is 18.5. The Morgan fingerprint density at radius 2 is 0.426 bits per heavy atom. The minimum atomic E-state index is 0.671. The van der Waals surface area contributed by atoms with Crippen LogP contribution in [0.5, 0.6) is 0 Å². The van der Waals surface area contributed by atoms with Crippen molar-refractivity contribution in [1.29, 1.82) is 0 Å². The summed E-state index contributed by atoms with van der Waals surface area (Å²) in [5.74, 6) is 2.01. The van der Waals surface area contributed by atoms with E-state index < -0.39 is 0 Å². The highest BCUT2D eigenvalue weighted by atomic mass is 15.0. The normalized spacial score (nSPS) is 12.4. The molecule has 13 aromatic rings. The zero-order valence-electron chi connectivity index (χ0n) is 28.9. The fourth-order valence-corrected chi connectivity index (χ4v) is 9.53. The number of hydrogen-bond donors (Lipinski definition) is 0. The third kappa shape index (κ3) is 3.72. The molecule has 0 radical (unpaired) electrons. The smallest absolute Gasteiger partial charge is 0.164 e. The van der Waals surface area contributed by atoms with Gasteiger partial charge in [-0.15, -0.1) is 0 Å². The topological polar surface area (TPSA) is 38.7 Å². The first-order valence-corrected chi connectivity index (χ1v) is 18.5. The molecule has 0 atom stereocenters. The lowest BCUT2D eigenvalue weighted by Gasteiger charge is -2.17. The van der Waals surface area contributed by atoms with Gasteiger partial charge in [-0.2, -0.15) is 0 Å². The molecule has 1 aromatic heterocycles. The molecule has 0 saturated heterocycles. The molecule has 0 N–H and O–H groups in total. The van der Waals surface area contributed by atoms with Crippen LogP contribution in [0.2, 0.25) is 0 Å². The maximum Gasteiger partial charge on any atom is 0.164 e. The van der Waals surface area contributed by atoms with Crippen LogP contribution in [-0.4, -0.2) is 15.0 Å². The van der Waals surface area contributed by atoms with Gasteiger partial charge in [0.1, 0.15) is 0 Å². The van der Waals surface area contributed by atoms with Gasteiger partial charge in [-0.3, -0.25) is 0 Å². The monoisotopic (exact) mass is 681 g/mol. The molecular formula is C51H27N3. The molecule has 0 aliphatic heterocycles. The minimum absolute atomic E-state index is 0.671. The van der Waals surface area contributed by atoms with Gasteiger partial charge in [0.05, 0.1) is 0 Å². The third-order valence-electron chi connectivity index (χ3n) is 11.9. The third-order valence-corrected chi connectivity index (χ3v) is 11.9. The summed E-state index contributed by atoms with van der Waals surface area (Å²) in [6, 6.07) is 59.7. The lowest BCUT2D eigenvalue weighted by atomic mass is 9.91. The average molecular weight is 682 g/mol. The highest BCUT2D eigenvalue weighted by molar-refractivity contribution is 6.28. The Labute approximate surface area is 308 Å². The molecule has 54 heavy (non-hydrogen) atoms. The van der Waals surface area contributed by atoms with Crippen LogP contribution >= 0.6 is 0 Å². The average Bonchev–Trinajstić information content (AvgIpc) is 3.23. The quantitative estimate of drug-likeness (QED) is 0.174. The summed E-state index contributed by atoms with van der Waals surface area (Å²) in [5, 5.41) is 22.1. The van der Waals surface area contributed by atoms with Crippen molar-refractivity contribution in [2.45, 2.75) is 0 Å². The van der Waals surface area contributed by atoms with Crippen molar-refractivity contribution in [3.8, 4) is 34.2 Å². The Morgan fingerprint density at radius 1 is 0.204 bits per heavy atom. The SMILES string of the molecule is c1cc2ccc3ccc(-c4nc(-c5ccc6ccc7cccc8ccc5c6c78)nc(-c5ccc6ccc7cccc8ccc5c6c78)n4)c4ccc(c1)c2c34. The van der Waals surface area contributed by atoms with Gasteiger partial charge in [0.25, 0.3) is 0 Å². The van der Waals surface area contributed by atoms with E-state index in [-0.39, 0.29) is 0 Å². The van der Waals surface area contributed by atoms with Crippen LogP contribution in [0, 0.1) is 0 Å². The summed E-state index contributed by atoms with van der Waals surface area (Å²) in [4.78, 5) is 16.2. The van der Waals surface area contributed by atoms with Crippen LogP contribution in [-0.2, 0) is 0 Å². The summed E-state index contributed by atoms with van der Waals surface area (Å²) in [7, 11) is 0. The molecule has 12 aromatic carbocycles. The molecule has 1 heterocycles. The van der Waals surface area contributed by atoms with Crippen molar-refractivity contribution in [3.63, 3.8) is 0 Å². The van der Waals surface area contributed by atoms with Gasteiger partial charge in [-0.1, -0.05) is 146 Å². The molecule has 0 amide bonds. The van der Waals surface area contributed by atoms with Gasteiger partial charge >= 0.3 is 0 Å². The highest BCUT2D eigenvalue weighted by Gasteiger charge is 2.21. The Balaban J connectivity index is 1.14. The fourth-order valence-electron chi connectivity index (χ4n) is 9.53. The number of nitrogens with zero attached hydrogens (tertiary/aromatic N) is 3. The molecule has 0 spiro atoms. The Bertz CT molecular complexity index is 3230. The number of benzene rings is 12. The summed E-state index contributed by atoms with van der Waals surface area (Å²) in [5.41, 5.74) is 3.00. The fraction of sp³-hybridized carbons (Fsp3) is 0. The molecule has 0 saturated carbocycles. The van der Waals surface area contributed by atoms with Crippen LogP contribution in [0.4, 0.5) is 0 Å². The second-order valence-electron chi connectivity index (χ2n) is 14.7. The second kappa shape index (κ2) is 10.2. The highest BCUT2D eigenvalue weighted by Crippen LogP contribution is 2.43. The first-order chi connectivity index (χ1) is 26.7. The number of aromatic nitrogens is 3. The van der Waals surface area contributed by atoms with E-state index in [1.165, 1.54) is 80.8 Å². The van der Waals surface area contributed by atoms with E-state index >= 15 is 0 Å².